The molecular formula is C16H16ClNO. The number of hydrogen-bond donors (Lipinski definition) is 2. The first-order valence-electron chi connectivity index (χ1n) is 6.08. The Bertz CT molecular complexity index is 657. The molecule has 3 N–H and O–H groups in total. The highest BCUT2D eigenvalue weighted by Gasteiger charge is 2.13. The molecule has 3 rings (SSSR count). The van der Waals surface area contributed by atoms with Crippen LogP contribution in [0, 0.1) is 0 Å². The van der Waals surface area contributed by atoms with Gasteiger partial charge in [-0.15, -0.1) is 12.4 Å². The minimum atomic E-state index is -0.346. The number of rotatable bonds is 2. The van der Waals surface area contributed by atoms with E-state index in [1.165, 1.54) is 0 Å². The predicted octanol–water partition coefficient (Wildman–Crippen LogP) is 3.41. The summed E-state index contributed by atoms with van der Waals surface area (Å²) in [7, 11) is 0. The summed E-state index contributed by atoms with van der Waals surface area (Å²) in [5, 5.41) is 14.0. The van der Waals surface area contributed by atoms with E-state index in [2.05, 4.69) is 30.3 Å². The van der Waals surface area contributed by atoms with Crippen LogP contribution in [0.15, 0.2) is 54.6 Å². The first kappa shape index (κ1) is 13.8. The Morgan fingerprint density at radius 3 is 1.84 bits per heavy atom. The molecule has 0 aliphatic heterocycles. The SMILES string of the molecule is Cl.N[C@@H](CO)c1c2ccccc2cc2ccccc12. The largest absolute Gasteiger partial charge is 0.394 e. The third-order valence-corrected chi connectivity index (χ3v) is 3.38. The summed E-state index contributed by atoms with van der Waals surface area (Å²) in [6.45, 7) is -0.0436. The fourth-order valence-electron chi connectivity index (χ4n) is 2.54. The van der Waals surface area contributed by atoms with Crippen molar-refractivity contribution in [2.24, 2.45) is 5.73 Å². The lowest BCUT2D eigenvalue weighted by molar-refractivity contribution is 0.269. The van der Waals surface area contributed by atoms with Crippen molar-refractivity contribution in [3.05, 3.63) is 60.2 Å². The molecule has 0 unspecified atom stereocenters. The maximum Gasteiger partial charge on any atom is 0.0624 e. The Morgan fingerprint density at radius 2 is 1.37 bits per heavy atom. The molecule has 3 aromatic carbocycles. The fraction of sp³-hybridized carbons (Fsp3) is 0.125. The van der Waals surface area contributed by atoms with Gasteiger partial charge in [0.1, 0.15) is 0 Å². The van der Waals surface area contributed by atoms with Gasteiger partial charge in [0, 0.05) is 0 Å². The highest BCUT2D eigenvalue weighted by Crippen LogP contribution is 2.31. The summed E-state index contributed by atoms with van der Waals surface area (Å²) in [4.78, 5) is 0. The van der Waals surface area contributed by atoms with Crippen molar-refractivity contribution in [3.63, 3.8) is 0 Å². The normalized spacial score (nSPS) is 12.3. The minimum absolute atomic E-state index is 0. The third-order valence-electron chi connectivity index (χ3n) is 3.38. The molecule has 3 aromatic rings. The van der Waals surface area contributed by atoms with Crippen LogP contribution in [0.3, 0.4) is 0 Å². The van der Waals surface area contributed by atoms with Gasteiger partial charge in [-0.25, -0.2) is 0 Å². The first-order chi connectivity index (χ1) is 8.81. The van der Waals surface area contributed by atoms with Crippen LogP contribution >= 0.6 is 12.4 Å². The van der Waals surface area contributed by atoms with Crippen LogP contribution in [-0.4, -0.2) is 11.7 Å². The predicted molar refractivity (Wildman–Crippen MR) is 82.7 cm³/mol. The van der Waals surface area contributed by atoms with Crippen LogP contribution in [0.1, 0.15) is 11.6 Å². The number of fused-ring (bicyclic) bond motifs is 2. The summed E-state index contributed by atoms with van der Waals surface area (Å²) >= 11 is 0. The van der Waals surface area contributed by atoms with Crippen LogP contribution in [0.25, 0.3) is 21.5 Å². The minimum Gasteiger partial charge on any atom is -0.394 e. The van der Waals surface area contributed by atoms with Gasteiger partial charge in [0.2, 0.25) is 0 Å². The fourth-order valence-corrected chi connectivity index (χ4v) is 2.54. The summed E-state index contributed by atoms with van der Waals surface area (Å²) in [6, 6.07) is 18.1. The Hall–Kier alpha value is -1.61. The molecule has 0 heterocycles. The lowest BCUT2D eigenvalue weighted by Gasteiger charge is -2.16. The number of halogens is 1. The molecule has 0 aliphatic rings. The average Bonchev–Trinajstić information content (AvgIpc) is 2.44. The lowest BCUT2D eigenvalue weighted by atomic mass is 9.93. The summed E-state index contributed by atoms with van der Waals surface area (Å²) < 4.78 is 0. The van der Waals surface area contributed by atoms with E-state index in [1.807, 2.05) is 24.3 Å². The van der Waals surface area contributed by atoms with E-state index in [0.29, 0.717) is 0 Å². The zero-order valence-electron chi connectivity index (χ0n) is 10.4. The van der Waals surface area contributed by atoms with Gasteiger partial charge in [-0.1, -0.05) is 48.5 Å². The molecule has 0 aromatic heterocycles. The highest BCUT2D eigenvalue weighted by atomic mass is 35.5. The van der Waals surface area contributed by atoms with Crippen molar-refractivity contribution in [2.45, 2.75) is 6.04 Å². The van der Waals surface area contributed by atoms with Crippen LogP contribution in [0.2, 0.25) is 0 Å². The lowest BCUT2D eigenvalue weighted by Crippen LogP contribution is -2.15. The highest BCUT2D eigenvalue weighted by molar-refractivity contribution is 6.02. The molecule has 0 fully saturated rings. The second-order valence-electron chi connectivity index (χ2n) is 4.52. The van der Waals surface area contributed by atoms with Gasteiger partial charge >= 0.3 is 0 Å². The molecule has 0 saturated carbocycles. The van der Waals surface area contributed by atoms with E-state index in [0.717, 1.165) is 27.1 Å². The van der Waals surface area contributed by atoms with Gasteiger partial charge in [-0.3, -0.25) is 0 Å². The molecule has 0 saturated heterocycles. The van der Waals surface area contributed by atoms with Crippen LogP contribution < -0.4 is 5.73 Å². The van der Waals surface area contributed by atoms with Gasteiger partial charge in [0.25, 0.3) is 0 Å². The van der Waals surface area contributed by atoms with Gasteiger partial charge in [0.05, 0.1) is 12.6 Å². The first-order valence-corrected chi connectivity index (χ1v) is 6.08. The molecule has 0 aliphatic carbocycles. The van der Waals surface area contributed by atoms with E-state index in [-0.39, 0.29) is 25.1 Å². The monoisotopic (exact) mass is 273 g/mol. The van der Waals surface area contributed by atoms with Gasteiger partial charge < -0.3 is 10.8 Å². The Morgan fingerprint density at radius 1 is 0.895 bits per heavy atom. The van der Waals surface area contributed by atoms with Crippen LogP contribution in [0.4, 0.5) is 0 Å². The maximum absolute atomic E-state index is 9.38. The zero-order valence-corrected chi connectivity index (χ0v) is 11.2. The van der Waals surface area contributed by atoms with E-state index in [1.54, 1.807) is 0 Å². The molecule has 0 spiro atoms. The molecule has 2 nitrogen and oxygen atoms in total. The van der Waals surface area contributed by atoms with E-state index in [9.17, 15) is 5.11 Å². The van der Waals surface area contributed by atoms with Gasteiger partial charge in [-0.05, 0) is 33.2 Å². The maximum atomic E-state index is 9.38. The number of hydrogen-bond acceptors (Lipinski definition) is 2. The summed E-state index contributed by atoms with van der Waals surface area (Å²) in [5.41, 5.74) is 7.11. The second kappa shape index (κ2) is 5.57. The summed E-state index contributed by atoms with van der Waals surface area (Å²) in [5.74, 6) is 0. The van der Waals surface area contributed by atoms with Crippen molar-refractivity contribution in [1.82, 2.24) is 0 Å². The Labute approximate surface area is 118 Å². The molecule has 98 valence electrons. The Balaban J connectivity index is 0.00000133. The van der Waals surface area contributed by atoms with Crippen molar-refractivity contribution in [2.75, 3.05) is 6.61 Å². The second-order valence-corrected chi connectivity index (χ2v) is 4.52. The van der Waals surface area contributed by atoms with Crippen LogP contribution in [-0.2, 0) is 0 Å². The quantitative estimate of drug-likeness (QED) is 0.703. The molecule has 1 atom stereocenters. The molecule has 0 amide bonds. The van der Waals surface area contributed by atoms with Gasteiger partial charge in [0.15, 0.2) is 0 Å². The van der Waals surface area contributed by atoms with Crippen molar-refractivity contribution >= 4 is 34.0 Å². The average molecular weight is 274 g/mol. The number of aliphatic hydroxyl groups is 1. The number of aliphatic hydroxyl groups excluding tert-OH is 1. The molecule has 3 heteroatoms. The number of benzene rings is 3. The molecule has 0 bridgehead atoms. The van der Waals surface area contributed by atoms with Gasteiger partial charge in [-0.2, -0.15) is 0 Å². The van der Waals surface area contributed by atoms with E-state index in [4.69, 9.17) is 5.73 Å². The van der Waals surface area contributed by atoms with Crippen molar-refractivity contribution < 1.29 is 5.11 Å². The smallest absolute Gasteiger partial charge is 0.0624 e. The molecular weight excluding hydrogens is 258 g/mol. The van der Waals surface area contributed by atoms with Crippen molar-refractivity contribution in [1.29, 1.82) is 0 Å². The zero-order chi connectivity index (χ0) is 12.5. The molecule has 0 radical (unpaired) electrons. The summed E-state index contributed by atoms with van der Waals surface area (Å²) in [6.07, 6.45) is 0. The molecule has 19 heavy (non-hydrogen) atoms. The standard InChI is InChI=1S/C16H15NO.ClH/c17-15(10-18)16-13-7-3-1-5-11(13)9-12-6-2-4-8-14(12)16;/h1-9,15,18H,10,17H2;1H/t15-;/m0./s1. The van der Waals surface area contributed by atoms with E-state index >= 15 is 0 Å². The number of nitrogens with two attached hydrogens (primary N) is 1. The van der Waals surface area contributed by atoms with Crippen LogP contribution in [0.5, 0.6) is 0 Å². The van der Waals surface area contributed by atoms with E-state index < -0.39 is 0 Å². The third kappa shape index (κ3) is 2.30. The van der Waals surface area contributed by atoms with Crippen molar-refractivity contribution in [3.8, 4) is 0 Å². The topological polar surface area (TPSA) is 46.2 Å². The Kier molecular flexibility index (Phi) is 4.05.